The molecule has 0 aliphatic heterocycles. The van der Waals surface area contributed by atoms with E-state index >= 15 is 0 Å². The highest BCUT2D eigenvalue weighted by Crippen LogP contribution is 2.30. The molecule has 0 aromatic carbocycles. The van der Waals surface area contributed by atoms with Gasteiger partial charge < -0.3 is 34.6 Å². The van der Waals surface area contributed by atoms with E-state index in [-0.39, 0.29) is 5.48 Å². The van der Waals surface area contributed by atoms with E-state index in [1.807, 2.05) is 0 Å². The quantitative estimate of drug-likeness (QED) is 0.403. The Kier molecular flexibility index (Phi) is 8.46. The van der Waals surface area contributed by atoms with Gasteiger partial charge in [0.25, 0.3) is 0 Å². The second kappa shape index (κ2) is 9.30. The van der Waals surface area contributed by atoms with Crippen molar-refractivity contribution < 1.29 is 53.8 Å². The van der Waals surface area contributed by atoms with Crippen molar-refractivity contribution >= 4 is 23.9 Å². The van der Waals surface area contributed by atoms with Crippen LogP contribution < -0.4 is 0 Å². The van der Waals surface area contributed by atoms with Crippen molar-refractivity contribution in [2.75, 3.05) is 0 Å². The van der Waals surface area contributed by atoms with Crippen molar-refractivity contribution in [2.24, 2.45) is 0 Å². The van der Waals surface area contributed by atoms with Crippen LogP contribution in [-0.4, -0.2) is 76.2 Å². The number of aliphatic hydroxyl groups excluding tert-OH is 2. The van der Waals surface area contributed by atoms with Crippen molar-refractivity contribution in [3.63, 3.8) is 0 Å². The highest BCUT2D eigenvalue weighted by Gasteiger charge is 2.56. The summed E-state index contributed by atoms with van der Waals surface area (Å²) in [6.07, 6.45) is -9.46. The van der Waals surface area contributed by atoms with E-state index in [1.165, 1.54) is 0 Å². The molecule has 1 aliphatic carbocycles. The van der Waals surface area contributed by atoms with Crippen LogP contribution in [0.3, 0.4) is 0 Å². The van der Waals surface area contributed by atoms with Crippen molar-refractivity contribution in [3.05, 3.63) is 0 Å². The van der Waals surface area contributed by atoms with Crippen molar-refractivity contribution in [3.8, 4) is 0 Å². The molecule has 0 aromatic heterocycles. The van der Waals surface area contributed by atoms with Crippen molar-refractivity contribution in [1.82, 2.24) is 0 Å². The zero-order chi connectivity index (χ0) is 18.6. The number of carbonyl (C=O) groups is 4. The van der Waals surface area contributed by atoms with E-state index in [1.54, 1.807) is 0 Å². The van der Waals surface area contributed by atoms with Gasteiger partial charge in [-0.05, 0) is 0 Å². The topological polar surface area (TPSA) is 177 Å². The minimum absolute atomic E-state index is 0. The summed E-state index contributed by atoms with van der Waals surface area (Å²) in [6.45, 7) is 4.19. The van der Waals surface area contributed by atoms with Crippen LogP contribution in [0.15, 0.2) is 0 Å². The number of aliphatic hydroxyl groups is 2. The maximum atomic E-state index is 11.3. The Balaban J connectivity index is 0.00000576. The van der Waals surface area contributed by atoms with Crippen LogP contribution in [0.25, 0.3) is 0 Å². The van der Waals surface area contributed by atoms with E-state index in [0.717, 1.165) is 27.7 Å². The van der Waals surface area contributed by atoms with E-state index in [0.29, 0.717) is 0 Å². The molecule has 0 saturated heterocycles. The third kappa shape index (κ3) is 5.96. The molecule has 0 heterocycles. The van der Waals surface area contributed by atoms with Gasteiger partial charge in [0.05, 0.1) is 0 Å². The van der Waals surface area contributed by atoms with Crippen LogP contribution in [0.2, 0.25) is 0 Å². The summed E-state index contributed by atoms with van der Waals surface area (Å²) in [7, 11) is 0. The Morgan fingerprint density at radius 3 is 0.960 bits per heavy atom. The summed E-state index contributed by atoms with van der Waals surface area (Å²) < 4.78 is 19.8. The molecule has 11 nitrogen and oxygen atoms in total. The SMILES string of the molecule is CC(=O)O[C@@H]1[C@@H](OC(C)=O)[C@H](OC(C)=O)[C@@H](O)[C@@H](O)[C@H]1OC(C)=O.O. The molecular weight excluding hydrogens is 344 g/mol. The number of ether oxygens (including phenoxy) is 4. The summed E-state index contributed by atoms with van der Waals surface area (Å²) in [6, 6.07) is 0. The molecule has 25 heavy (non-hydrogen) atoms. The molecule has 1 rings (SSSR count). The minimum atomic E-state index is -1.74. The standard InChI is InChI=1S/C14H20O10.H2O/c1-5(15)21-11-9(19)10(20)12(22-6(2)16)14(24-8(4)18)13(11)23-7(3)17;/h9-14,19-20H,1-4H3;1H2/t9-,10+,11-,12-,13+,14+;/m1./s1. The Morgan fingerprint density at radius 2 is 0.760 bits per heavy atom. The van der Waals surface area contributed by atoms with Gasteiger partial charge in [0.15, 0.2) is 24.4 Å². The fourth-order valence-corrected chi connectivity index (χ4v) is 2.46. The van der Waals surface area contributed by atoms with Gasteiger partial charge in [0.1, 0.15) is 12.2 Å². The molecule has 1 fully saturated rings. The predicted octanol–water partition coefficient (Wildman–Crippen LogP) is -2.38. The van der Waals surface area contributed by atoms with E-state index in [2.05, 4.69) is 0 Å². The lowest BCUT2D eigenvalue weighted by Crippen LogP contribution is -2.67. The minimum Gasteiger partial charge on any atom is -0.456 e. The van der Waals surface area contributed by atoms with Crippen LogP contribution in [0.1, 0.15) is 27.7 Å². The summed E-state index contributed by atoms with van der Waals surface area (Å²) >= 11 is 0. The largest absolute Gasteiger partial charge is 0.456 e. The zero-order valence-corrected chi connectivity index (χ0v) is 14.1. The molecule has 0 unspecified atom stereocenters. The number of hydrogen-bond acceptors (Lipinski definition) is 10. The zero-order valence-electron chi connectivity index (χ0n) is 14.1. The van der Waals surface area contributed by atoms with Gasteiger partial charge in [-0.2, -0.15) is 0 Å². The molecule has 144 valence electrons. The average Bonchev–Trinajstić information content (AvgIpc) is 2.42. The van der Waals surface area contributed by atoms with Gasteiger partial charge >= 0.3 is 23.9 Å². The Labute approximate surface area is 143 Å². The molecule has 0 aromatic rings. The number of esters is 4. The second-order valence-electron chi connectivity index (χ2n) is 5.28. The molecule has 0 amide bonds. The first-order chi connectivity index (χ1) is 11.0. The van der Waals surface area contributed by atoms with Gasteiger partial charge in [-0.25, -0.2) is 0 Å². The van der Waals surface area contributed by atoms with Gasteiger partial charge in [-0.1, -0.05) is 0 Å². The molecule has 0 spiro atoms. The molecule has 0 radical (unpaired) electrons. The van der Waals surface area contributed by atoms with Crippen LogP contribution in [0, 0.1) is 0 Å². The number of rotatable bonds is 4. The maximum absolute atomic E-state index is 11.3. The molecule has 1 aliphatic rings. The monoisotopic (exact) mass is 366 g/mol. The number of carbonyl (C=O) groups excluding carboxylic acids is 4. The van der Waals surface area contributed by atoms with Crippen LogP contribution in [0.5, 0.6) is 0 Å². The first-order valence-corrected chi connectivity index (χ1v) is 7.09. The summed E-state index contributed by atoms with van der Waals surface area (Å²) in [5.41, 5.74) is 0. The van der Waals surface area contributed by atoms with Crippen LogP contribution >= 0.6 is 0 Å². The molecule has 4 N–H and O–H groups in total. The lowest BCUT2D eigenvalue weighted by Gasteiger charge is -2.44. The third-order valence-electron chi connectivity index (χ3n) is 3.20. The van der Waals surface area contributed by atoms with Crippen LogP contribution in [0.4, 0.5) is 0 Å². The fourth-order valence-electron chi connectivity index (χ4n) is 2.46. The molecule has 6 atom stereocenters. The highest BCUT2D eigenvalue weighted by molar-refractivity contribution is 5.69. The molecule has 11 heteroatoms. The molecular formula is C14H22O11. The predicted molar refractivity (Wildman–Crippen MR) is 77.8 cm³/mol. The lowest BCUT2D eigenvalue weighted by molar-refractivity contribution is -0.251. The summed E-state index contributed by atoms with van der Waals surface area (Å²) in [5, 5.41) is 20.3. The number of hydrogen-bond donors (Lipinski definition) is 2. The fraction of sp³-hybridized carbons (Fsp3) is 0.714. The van der Waals surface area contributed by atoms with Crippen molar-refractivity contribution in [1.29, 1.82) is 0 Å². The van der Waals surface area contributed by atoms with E-state index < -0.39 is 60.5 Å². The molecule has 0 bridgehead atoms. The average molecular weight is 366 g/mol. The van der Waals surface area contributed by atoms with E-state index in [4.69, 9.17) is 18.9 Å². The van der Waals surface area contributed by atoms with Gasteiger partial charge in [0.2, 0.25) is 0 Å². The Morgan fingerprint density at radius 1 is 0.560 bits per heavy atom. The van der Waals surface area contributed by atoms with E-state index in [9.17, 15) is 29.4 Å². The summed E-state index contributed by atoms with van der Waals surface area (Å²) in [5.74, 6) is -3.29. The molecule has 1 saturated carbocycles. The van der Waals surface area contributed by atoms with Gasteiger partial charge in [-0.3, -0.25) is 19.2 Å². The van der Waals surface area contributed by atoms with Gasteiger partial charge in [0, 0.05) is 27.7 Å². The first-order valence-electron chi connectivity index (χ1n) is 7.09. The lowest BCUT2D eigenvalue weighted by atomic mass is 9.84. The smallest absolute Gasteiger partial charge is 0.303 e. The maximum Gasteiger partial charge on any atom is 0.303 e. The second-order valence-corrected chi connectivity index (χ2v) is 5.28. The highest BCUT2D eigenvalue weighted by atomic mass is 16.6. The summed E-state index contributed by atoms with van der Waals surface area (Å²) in [4.78, 5) is 45.1. The van der Waals surface area contributed by atoms with Gasteiger partial charge in [-0.15, -0.1) is 0 Å². The normalized spacial score (nSPS) is 31.1. The van der Waals surface area contributed by atoms with Crippen molar-refractivity contribution in [2.45, 2.75) is 64.3 Å². The third-order valence-corrected chi connectivity index (χ3v) is 3.20. The first kappa shape index (κ1) is 22.8. The Bertz CT molecular complexity index is 471. The Hall–Kier alpha value is -2.24. The van der Waals surface area contributed by atoms with Crippen LogP contribution in [-0.2, 0) is 38.1 Å².